The molecule has 0 aliphatic rings. The Labute approximate surface area is 102 Å². The third-order valence-electron chi connectivity index (χ3n) is 2.36. The maximum absolute atomic E-state index is 8.86. The molecule has 0 aliphatic heterocycles. The van der Waals surface area contributed by atoms with Crippen molar-refractivity contribution < 1.29 is 15.3 Å². The minimum Gasteiger partial charge on any atom is -0.487 e. The topological polar surface area (TPSA) is 58.4 Å². The van der Waals surface area contributed by atoms with E-state index in [0.717, 1.165) is 11.3 Å². The van der Waals surface area contributed by atoms with E-state index in [-0.39, 0.29) is 0 Å². The summed E-state index contributed by atoms with van der Waals surface area (Å²) in [5.41, 5.74) is 1.79. The lowest BCUT2D eigenvalue weighted by Crippen LogP contribution is -2.90. The Balaban J connectivity index is 2.43. The van der Waals surface area contributed by atoms with E-state index in [0.29, 0.717) is 24.9 Å². The van der Waals surface area contributed by atoms with Crippen LogP contribution in [0.4, 0.5) is 0 Å². The van der Waals surface area contributed by atoms with Crippen LogP contribution in [0.2, 0.25) is 0 Å². The highest BCUT2D eigenvalue weighted by molar-refractivity contribution is 5.86. The Morgan fingerprint density at radius 3 is 2.82 bits per heavy atom. The molecule has 0 atom stereocenters. The highest BCUT2D eigenvalue weighted by Gasteiger charge is 2.06. The molecule has 94 valence electrons. The number of nitrogens with zero attached hydrogens (tertiary/aromatic N) is 1. The first-order valence-corrected chi connectivity index (χ1v) is 5.84. The van der Waals surface area contributed by atoms with E-state index in [4.69, 9.17) is 9.94 Å². The largest absolute Gasteiger partial charge is 0.487 e. The molecule has 0 spiro atoms. The zero-order valence-electron chi connectivity index (χ0n) is 10.7. The van der Waals surface area contributed by atoms with Crippen LogP contribution in [0.25, 0.3) is 0 Å². The molecule has 4 nitrogen and oxygen atoms in total. The minimum absolute atomic E-state index is 0.323. The Morgan fingerprint density at radius 2 is 2.24 bits per heavy atom. The summed E-state index contributed by atoms with van der Waals surface area (Å²) in [6, 6.07) is 8.29. The first-order chi connectivity index (χ1) is 8.11. The molecule has 0 heterocycles. The Kier molecular flexibility index (Phi) is 5.49. The van der Waals surface area contributed by atoms with Crippen molar-refractivity contribution in [3.05, 3.63) is 29.8 Å². The monoisotopic (exact) mass is 237 g/mol. The predicted molar refractivity (Wildman–Crippen MR) is 67.8 cm³/mol. The van der Waals surface area contributed by atoms with Crippen molar-refractivity contribution in [1.29, 1.82) is 0 Å². The van der Waals surface area contributed by atoms with Crippen LogP contribution in [0.15, 0.2) is 29.4 Å². The zero-order chi connectivity index (χ0) is 12.7. The second-order valence-electron chi connectivity index (χ2n) is 4.46. The van der Waals surface area contributed by atoms with Crippen LogP contribution in [-0.2, 0) is 0 Å². The van der Waals surface area contributed by atoms with E-state index in [1.165, 1.54) is 0 Å². The van der Waals surface area contributed by atoms with Crippen molar-refractivity contribution in [2.24, 2.45) is 5.16 Å². The van der Waals surface area contributed by atoms with Crippen molar-refractivity contribution in [1.82, 2.24) is 0 Å². The standard InChI is InChI=1S/C13H20N2O2/c1-10(2)14-8-12(15-16)9-17-13-6-4-5-11(3)7-13/h4-7,10,14,16H,8-9H2,1-3H3/p+1/b15-12+. The average Bonchev–Trinajstić information content (AvgIpc) is 2.29. The summed E-state index contributed by atoms with van der Waals surface area (Å²) in [4.78, 5) is 0. The van der Waals surface area contributed by atoms with Gasteiger partial charge in [0.25, 0.3) is 0 Å². The fourth-order valence-electron chi connectivity index (χ4n) is 1.37. The van der Waals surface area contributed by atoms with E-state index in [1.807, 2.05) is 31.2 Å². The Morgan fingerprint density at radius 1 is 1.47 bits per heavy atom. The van der Waals surface area contributed by atoms with Gasteiger partial charge >= 0.3 is 0 Å². The van der Waals surface area contributed by atoms with Gasteiger partial charge in [-0.3, -0.25) is 0 Å². The molecule has 4 heteroatoms. The molecule has 0 amide bonds. The molecular weight excluding hydrogens is 216 g/mol. The number of hydrogen-bond acceptors (Lipinski definition) is 3. The lowest BCUT2D eigenvalue weighted by molar-refractivity contribution is -0.670. The zero-order valence-corrected chi connectivity index (χ0v) is 10.7. The summed E-state index contributed by atoms with van der Waals surface area (Å²) in [5.74, 6) is 0.802. The molecule has 1 aromatic carbocycles. The van der Waals surface area contributed by atoms with Crippen LogP contribution in [-0.4, -0.2) is 30.1 Å². The first kappa shape index (κ1) is 13.5. The summed E-state index contributed by atoms with van der Waals surface area (Å²) < 4.78 is 5.56. The molecule has 17 heavy (non-hydrogen) atoms. The summed E-state index contributed by atoms with van der Waals surface area (Å²) in [6.45, 7) is 7.18. The number of rotatable bonds is 6. The SMILES string of the molecule is Cc1cccc(OC/C(C[NH2+]C(C)C)=N/O)c1. The van der Waals surface area contributed by atoms with Crippen LogP contribution in [0.1, 0.15) is 19.4 Å². The molecular formula is C13H21N2O2+. The Hall–Kier alpha value is -1.55. The normalized spacial score (nSPS) is 11.9. The van der Waals surface area contributed by atoms with Crippen molar-refractivity contribution >= 4 is 5.71 Å². The number of aryl methyl sites for hydroxylation is 1. The maximum Gasteiger partial charge on any atom is 0.148 e. The van der Waals surface area contributed by atoms with Gasteiger partial charge in [-0.15, -0.1) is 0 Å². The van der Waals surface area contributed by atoms with Crippen LogP contribution in [0, 0.1) is 6.92 Å². The molecule has 0 bridgehead atoms. The van der Waals surface area contributed by atoms with Crippen molar-refractivity contribution in [3.63, 3.8) is 0 Å². The first-order valence-electron chi connectivity index (χ1n) is 5.84. The highest BCUT2D eigenvalue weighted by atomic mass is 16.5. The van der Waals surface area contributed by atoms with E-state index in [2.05, 4.69) is 24.3 Å². The van der Waals surface area contributed by atoms with Crippen LogP contribution >= 0.6 is 0 Å². The van der Waals surface area contributed by atoms with E-state index < -0.39 is 0 Å². The fourth-order valence-corrected chi connectivity index (χ4v) is 1.37. The summed E-state index contributed by atoms with van der Waals surface area (Å²) in [6.07, 6.45) is 0. The maximum atomic E-state index is 8.86. The fraction of sp³-hybridized carbons (Fsp3) is 0.462. The molecule has 3 N–H and O–H groups in total. The third-order valence-corrected chi connectivity index (χ3v) is 2.36. The van der Waals surface area contributed by atoms with Gasteiger partial charge in [-0.25, -0.2) is 0 Å². The van der Waals surface area contributed by atoms with Gasteiger partial charge in [0.2, 0.25) is 0 Å². The molecule has 0 saturated carbocycles. The average molecular weight is 237 g/mol. The lowest BCUT2D eigenvalue weighted by Gasteiger charge is -2.09. The van der Waals surface area contributed by atoms with E-state index >= 15 is 0 Å². The van der Waals surface area contributed by atoms with Gasteiger partial charge in [0.1, 0.15) is 24.6 Å². The summed E-state index contributed by atoms with van der Waals surface area (Å²) >= 11 is 0. The summed E-state index contributed by atoms with van der Waals surface area (Å²) in [5, 5.41) is 14.2. The Bertz CT molecular complexity index is 375. The van der Waals surface area contributed by atoms with Crippen molar-refractivity contribution in [2.75, 3.05) is 13.2 Å². The molecule has 0 radical (unpaired) electrons. The number of oxime groups is 1. The molecule has 1 aromatic rings. The quantitative estimate of drug-likeness (QED) is 0.443. The van der Waals surface area contributed by atoms with Gasteiger partial charge < -0.3 is 15.3 Å². The van der Waals surface area contributed by atoms with Crippen molar-refractivity contribution in [2.45, 2.75) is 26.8 Å². The molecule has 1 rings (SSSR count). The summed E-state index contributed by atoms with van der Waals surface area (Å²) in [7, 11) is 0. The second-order valence-corrected chi connectivity index (χ2v) is 4.46. The molecule has 0 aromatic heterocycles. The third kappa shape index (κ3) is 5.36. The minimum atomic E-state index is 0.323. The van der Waals surface area contributed by atoms with Crippen LogP contribution in [0.5, 0.6) is 5.75 Å². The van der Waals surface area contributed by atoms with Gasteiger partial charge in [0.05, 0.1) is 6.04 Å². The van der Waals surface area contributed by atoms with Gasteiger partial charge in [-0.2, -0.15) is 0 Å². The highest BCUT2D eigenvalue weighted by Crippen LogP contribution is 2.11. The van der Waals surface area contributed by atoms with E-state index in [9.17, 15) is 0 Å². The second kappa shape index (κ2) is 6.91. The van der Waals surface area contributed by atoms with Gasteiger partial charge in [-0.1, -0.05) is 17.3 Å². The number of hydrogen-bond donors (Lipinski definition) is 2. The number of benzene rings is 1. The van der Waals surface area contributed by atoms with Crippen LogP contribution < -0.4 is 10.1 Å². The number of quaternary nitrogens is 1. The molecule has 0 fully saturated rings. The smallest absolute Gasteiger partial charge is 0.148 e. The van der Waals surface area contributed by atoms with Crippen LogP contribution in [0.3, 0.4) is 0 Å². The van der Waals surface area contributed by atoms with Gasteiger partial charge in [-0.05, 0) is 38.5 Å². The predicted octanol–water partition coefficient (Wildman–Crippen LogP) is 1.18. The van der Waals surface area contributed by atoms with Crippen molar-refractivity contribution in [3.8, 4) is 5.75 Å². The molecule has 0 aliphatic carbocycles. The molecule has 0 unspecified atom stereocenters. The van der Waals surface area contributed by atoms with E-state index in [1.54, 1.807) is 0 Å². The lowest BCUT2D eigenvalue weighted by atomic mass is 10.2. The number of nitrogens with two attached hydrogens (primary N) is 1. The van der Waals surface area contributed by atoms with Gasteiger partial charge in [0.15, 0.2) is 0 Å². The van der Waals surface area contributed by atoms with Gasteiger partial charge in [0, 0.05) is 0 Å². The number of ether oxygens (including phenoxy) is 1. The molecule has 0 saturated heterocycles.